The standard InChI is InChI=1S/C13H19N3O2S3/c1-9(2)14-6-11-4-5-13(20-11)21(17,18)16-7-12-10(3)15-8-19-12/h4-5,8-9,14,16H,6-7H2,1-3H3. The maximum Gasteiger partial charge on any atom is 0.250 e. The van der Waals surface area contributed by atoms with Crippen molar-refractivity contribution >= 4 is 32.7 Å². The van der Waals surface area contributed by atoms with Gasteiger partial charge < -0.3 is 5.32 Å². The fourth-order valence-electron chi connectivity index (χ4n) is 1.63. The highest BCUT2D eigenvalue weighted by Crippen LogP contribution is 2.22. The molecule has 2 N–H and O–H groups in total. The number of aromatic nitrogens is 1. The van der Waals surface area contributed by atoms with Crippen LogP contribution in [0.2, 0.25) is 0 Å². The summed E-state index contributed by atoms with van der Waals surface area (Å²) in [4.78, 5) is 6.07. The Kier molecular flexibility index (Phi) is 5.50. The number of nitrogens with one attached hydrogen (secondary N) is 2. The first kappa shape index (κ1) is 16.6. The third kappa shape index (κ3) is 4.58. The molecule has 0 bridgehead atoms. The first-order valence-corrected chi connectivity index (χ1v) is 9.77. The third-order valence-electron chi connectivity index (χ3n) is 2.85. The number of hydrogen-bond acceptors (Lipinski definition) is 6. The van der Waals surface area contributed by atoms with Crippen molar-refractivity contribution in [1.82, 2.24) is 15.0 Å². The molecule has 0 unspecified atom stereocenters. The van der Waals surface area contributed by atoms with Gasteiger partial charge in [0.15, 0.2) is 0 Å². The van der Waals surface area contributed by atoms with Gasteiger partial charge in [-0.15, -0.1) is 22.7 Å². The van der Waals surface area contributed by atoms with Crippen molar-refractivity contribution in [3.05, 3.63) is 33.1 Å². The van der Waals surface area contributed by atoms with E-state index in [1.807, 2.05) is 13.0 Å². The molecule has 0 fully saturated rings. The van der Waals surface area contributed by atoms with Crippen molar-refractivity contribution in [1.29, 1.82) is 0 Å². The monoisotopic (exact) mass is 345 g/mol. The summed E-state index contributed by atoms with van der Waals surface area (Å²) in [6, 6.07) is 3.88. The van der Waals surface area contributed by atoms with Crippen LogP contribution in [-0.4, -0.2) is 19.4 Å². The Bertz CT molecular complexity index is 689. The van der Waals surface area contributed by atoms with E-state index in [1.165, 1.54) is 22.7 Å². The van der Waals surface area contributed by atoms with Crippen LogP contribution in [0.3, 0.4) is 0 Å². The summed E-state index contributed by atoms with van der Waals surface area (Å²) in [5, 5.41) is 3.28. The van der Waals surface area contributed by atoms with E-state index in [0.717, 1.165) is 15.4 Å². The molecule has 116 valence electrons. The van der Waals surface area contributed by atoms with Gasteiger partial charge in [-0.05, 0) is 19.1 Å². The molecule has 0 atom stereocenters. The van der Waals surface area contributed by atoms with Gasteiger partial charge in [0.2, 0.25) is 10.0 Å². The van der Waals surface area contributed by atoms with E-state index >= 15 is 0 Å². The van der Waals surface area contributed by atoms with Gasteiger partial charge in [-0.3, -0.25) is 0 Å². The quantitative estimate of drug-likeness (QED) is 0.809. The highest BCUT2D eigenvalue weighted by Gasteiger charge is 2.17. The van der Waals surface area contributed by atoms with Crippen molar-refractivity contribution in [2.24, 2.45) is 0 Å². The molecule has 0 saturated heterocycles. The van der Waals surface area contributed by atoms with Crippen molar-refractivity contribution < 1.29 is 8.42 Å². The van der Waals surface area contributed by atoms with E-state index in [-0.39, 0.29) is 6.54 Å². The fourth-order valence-corrected chi connectivity index (χ4v) is 4.78. The first-order chi connectivity index (χ1) is 9.88. The van der Waals surface area contributed by atoms with Crippen LogP contribution < -0.4 is 10.0 Å². The molecule has 21 heavy (non-hydrogen) atoms. The van der Waals surface area contributed by atoms with Crippen LogP contribution >= 0.6 is 22.7 Å². The third-order valence-corrected chi connectivity index (χ3v) is 6.77. The number of rotatable bonds is 7. The van der Waals surface area contributed by atoms with Gasteiger partial charge in [-0.1, -0.05) is 13.8 Å². The summed E-state index contributed by atoms with van der Waals surface area (Å²) >= 11 is 2.76. The Morgan fingerprint density at radius 1 is 1.29 bits per heavy atom. The molecule has 2 heterocycles. The van der Waals surface area contributed by atoms with Gasteiger partial charge in [-0.25, -0.2) is 18.1 Å². The summed E-state index contributed by atoms with van der Waals surface area (Å²) in [7, 11) is -3.45. The van der Waals surface area contributed by atoms with Crippen LogP contribution in [-0.2, 0) is 23.1 Å². The molecular weight excluding hydrogens is 326 g/mol. The lowest BCUT2D eigenvalue weighted by atomic mass is 10.4. The molecule has 8 heteroatoms. The van der Waals surface area contributed by atoms with Gasteiger partial charge in [0, 0.05) is 28.9 Å². The van der Waals surface area contributed by atoms with Gasteiger partial charge in [0.1, 0.15) is 4.21 Å². The van der Waals surface area contributed by atoms with Crippen LogP contribution in [0, 0.1) is 6.92 Å². The van der Waals surface area contributed by atoms with Crippen LogP contribution in [0.4, 0.5) is 0 Å². The Labute approximate surface area is 133 Å². The predicted octanol–water partition coefficient (Wildman–Crippen LogP) is 2.49. The molecule has 0 aliphatic carbocycles. The van der Waals surface area contributed by atoms with E-state index < -0.39 is 10.0 Å². The number of thiazole rings is 1. The van der Waals surface area contributed by atoms with Gasteiger partial charge in [0.05, 0.1) is 11.2 Å². The molecule has 2 rings (SSSR count). The second-order valence-electron chi connectivity index (χ2n) is 4.94. The zero-order chi connectivity index (χ0) is 15.5. The Morgan fingerprint density at radius 3 is 2.67 bits per heavy atom. The van der Waals surface area contributed by atoms with Crippen molar-refractivity contribution in [3.63, 3.8) is 0 Å². The lowest BCUT2D eigenvalue weighted by Gasteiger charge is -2.05. The minimum Gasteiger partial charge on any atom is -0.310 e. The molecule has 0 spiro atoms. The molecule has 0 saturated carbocycles. The molecule has 0 aliphatic rings. The first-order valence-electron chi connectivity index (χ1n) is 6.59. The predicted molar refractivity (Wildman–Crippen MR) is 87.2 cm³/mol. The minimum absolute atomic E-state index is 0.288. The van der Waals surface area contributed by atoms with E-state index in [0.29, 0.717) is 16.8 Å². The van der Waals surface area contributed by atoms with Crippen LogP contribution in [0.15, 0.2) is 21.9 Å². The normalized spacial score (nSPS) is 12.2. The molecule has 5 nitrogen and oxygen atoms in total. The maximum absolute atomic E-state index is 12.3. The van der Waals surface area contributed by atoms with E-state index in [2.05, 4.69) is 28.9 Å². The van der Waals surface area contributed by atoms with Crippen LogP contribution in [0.1, 0.15) is 29.3 Å². The summed E-state index contributed by atoms with van der Waals surface area (Å²) in [5.74, 6) is 0. The van der Waals surface area contributed by atoms with E-state index in [9.17, 15) is 8.42 Å². The fraction of sp³-hybridized carbons (Fsp3) is 0.462. The van der Waals surface area contributed by atoms with Gasteiger partial charge in [-0.2, -0.15) is 0 Å². The Balaban J connectivity index is 2.01. The van der Waals surface area contributed by atoms with Crippen molar-refractivity contribution in [2.45, 2.75) is 44.1 Å². The summed E-state index contributed by atoms with van der Waals surface area (Å²) in [5.41, 5.74) is 2.59. The second kappa shape index (κ2) is 6.97. The van der Waals surface area contributed by atoms with Crippen molar-refractivity contribution in [3.8, 4) is 0 Å². The van der Waals surface area contributed by atoms with E-state index in [1.54, 1.807) is 11.6 Å². The number of aryl methyl sites for hydroxylation is 1. The summed E-state index contributed by atoms with van der Waals surface area (Å²) < 4.78 is 27.5. The Hall–Kier alpha value is -0.800. The minimum atomic E-state index is -3.45. The number of nitrogens with zero attached hydrogens (tertiary/aromatic N) is 1. The number of hydrogen-bond donors (Lipinski definition) is 2. The summed E-state index contributed by atoms with van der Waals surface area (Å²) in [6.45, 7) is 6.97. The van der Waals surface area contributed by atoms with Crippen LogP contribution in [0.5, 0.6) is 0 Å². The molecule has 2 aromatic rings. The molecule has 0 aromatic carbocycles. The zero-order valence-corrected chi connectivity index (χ0v) is 14.7. The Morgan fingerprint density at radius 2 is 2.05 bits per heavy atom. The smallest absolute Gasteiger partial charge is 0.250 e. The largest absolute Gasteiger partial charge is 0.310 e. The average Bonchev–Trinajstić information content (AvgIpc) is 3.03. The average molecular weight is 346 g/mol. The lowest BCUT2D eigenvalue weighted by Crippen LogP contribution is -2.22. The second-order valence-corrected chi connectivity index (χ2v) is 9.04. The highest BCUT2D eigenvalue weighted by molar-refractivity contribution is 7.91. The van der Waals surface area contributed by atoms with Crippen LogP contribution in [0.25, 0.3) is 0 Å². The molecule has 0 aliphatic heterocycles. The van der Waals surface area contributed by atoms with Crippen molar-refractivity contribution in [2.75, 3.05) is 0 Å². The molecule has 0 radical (unpaired) electrons. The van der Waals surface area contributed by atoms with Gasteiger partial charge >= 0.3 is 0 Å². The van der Waals surface area contributed by atoms with E-state index in [4.69, 9.17) is 0 Å². The topological polar surface area (TPSA) is 71.1 Å². The molecule has 0 amide bonds. The highest BCUT2D eigenvalue weighted by atomic mass is 32.2. The number of thiophene rings is 1. The maximum atomic E-state index is 12.3. The van der Waals surface area contributed by atoms with Gasteiger partial charge in [0.25, 0.3) is 0 Å². The SMILES string of the molecule is Cc1ncsc1CNS(=O)(=O)c1ccc(CNC(C)C)s1. The molecular formula is C13H19N3O2S3. The molecule has 2 aromatic heterocycles. The zero-order valence-electron chi connectivity index (χ0n) is 12.2. The lowest BCUT2D eigenvalue weighted by molar-refractivity contribution is 0.584. The summed E-state index contributed by atoms with van der Waals surface area (Å²) in [6.07, 6.45) is 0. The number of sulfonamides is 1.